The van der Waals surface area contributed by atoms with Gasteiger partial charge in [-0.25, -0.2) is 4.39 Å². The highest BCUT2D eigenvalue weighted by Crippen LogP contribution is 2.16. The smallest absolute Gasteiger partial charge is 0.141 e. The SMILES string of the molecule is NC(Cc1ccc2ccccc2n1)c1ccc(F)cn1. The van der Waals surface area contributed by atoms with Crippen LogP contribution in [0.1, 0.15) is 17.4 Å². The van der Waals surface area contributed by atoms with E-state index in [9.17, 15) is 4.39 Å². The van der Waals surface area contributed by atoms with Gasteiger partial charge < -0.3 is 5.73 Å². The minimum absolute atomic E-state index is 0.288. The van der Waals surface area contributed by atoms with E-state index in [1.54, 1.807) is 6.07 Å². The van der Waals surface area contributed by atoms with Gasteiger partial charge in [-0.15, -0.1) is 0 Å². The number of hydrogen-bond acceptors (Lipinski definition) is 3. The predicted octanol–water partition coefficient (Wildman–Crippen LogP) is 3.01. The molecule has 2 aromatic heterocycles. The molecule has 20 heavy (non-hydrogen) atoms. The average molecular weight is 267 g/mol. The van der Waals surface area contributed by atoms with E-state index in [1.165, 1.54) is 12.3 Å². The van der Waals surface area contributed by atoms with Crippen molar-refractivity contribution in [2.75, 3.05) is 0 Å². The standard InChI is InChI=1S/C16H14FN3/c17-12-6-8-16(19-10-12)14(18)9-13-7-5-11-3-1-2-4-15(11)20-13/h1-8,10,14H,9,18H2. The summed E-state index contributed by atoms with van der Waals surface area (Å²) in [6.45, 7) is 0. The third kappa shape index (κ3) is 2.65. The fourth-order valence-corrected chi connectivity index (χ4v) is 2.16. The maximum atomic E-state index is 12.8. The topological polar surface area (TPSA) is 51.8 Å². The van der Waals surface area contributed by atoms with Crippen molar-refractivity contribution in [3.8, 4) is 0 Å². The number of para-hydroxylation sites is 1. The van der Waals surface area contributed by atoms with Gasteiger partial charge in [-0.2, -0.15) is 0 Å². The Morgan fingerprint density at radius 1 is 1.05 bits per heavy atom. The Labute approximate surface area is 116 Å². The molecule has 0 aliphatic carbocycles. The molecule has 100 valence electrons. The van der Waals surface area contributed by atoms with Crippen molar-refractivity contribution in [3.63, 3.8) is 0 Å². The van der Waals surface area contributed by atoms with Crippen LogP contribution in [-0.2, 0) is 6.42 Å². The number of pyridine rings is 2. The molecule has 0 amide bonds. The fourth-order valence-electron chi connectivity index (χ4n) is 2.16. The van der Waals surface area contributed by atoms with E-state index >= 15 is 0 Å². The van der Waals surface area contributed by atoms with Crippen LogP contribution in [0.15, 0.2) is 54.7 Å². The van der Waals surface area contributed by atoms with Crippen molar-refractivity contribution in [1.29, 1.82) is 0 Å². The number of hydrogen-bond donors (Lipinski definition) is 1. The van der Waals surface area contributed by atoms with Crippen LogP contribution < -0.4 is 5.73 Å². The van der Waals surface area contributed by atoms with E-state index in [-0.39, 0.29) is 11.9 Å². The summed E-state index contributed by atoms with van der Waals surface area (Å²) < 4.78 is 12.8. The minimum atomic E-state index is -0.357. The molecular weight excluding hydrogens is 253 g/mol. The molecule has 0 bridgehead atoms. The van der Waals surface area contributed by atoms with Crippen molar-refractivity contribution >= 4 is 10.9 Å². The molecule has 1 atom stereocenters. The number of fused-ring (bicyclic) bond motifs is 1. The normalized spacial score (nSPS) is 12.5. The summed E-state index contributed by atoms with van der Waals surface area (Å²) in [7, 11) is 0. The lowest BCUT2D eigenvalue weighted by atomic mass is 10.1. The summed E-state index contributed by atoms with van der Waals surface area (Å²) in [4.78, 5) is 8.59. The summed E-state index contributed by atoms with van der Waals surface area (Å²) in [5.41, 5.74) is 8.62. The van der Waals surface area contributed by atoms with E-state index < -0.39 is 0 Å². The van der Waals surface area contributed by atoms with Crippen LogP contribution in [0, 0.1) is 5.82 Å². The van der Waals surface area contributed by atoms with Gasteiger partial charge in [-0.3, -0.25) is 9.97 Å². The van der Waals surface area contributed by atoms with Crippen LogP contribution in [-0.4, -0.2) is 9.97 Å². The maximum absolute atomic E-state index is 12.8. The van der Waals surface area contributed by atoms with Crippen molar-refractivity contribution in [2.24, 2.45) is 5.73 Å². The summed E-state index contributed by atoms with van der Waals surface area (Å²) in [5.74, 6) is -0.357. The molecule has 0 spiro atoms. The highest BCUT2D eigenvalue weighted by Gasteiger charge is 2.10. The van der Waals surface area contributed by atoms with Crippen LogP contribution in [0.25, 0.3) is 10.9 Å². The molecule has 0 radical (unpaired) electrons. The van der Waals surface area contributed by atoms with Crippen LogP contribution in [0.3, 0.4) is 0 Å². The Morgan fingerprint density at radius 3 is 2.70 bits per heavy atom. The van der Waals surface area contributed by atoms with E-state index in [0.717, 1.165) is 16.6 Å². The van der Waals surface area contributed by atoms with Gasteiger partial charge in [0.05, 0.1) is 23.4 Å². The summed E-state index contributed by atoms with van der Waals surface area (Å²) >= 11 is 0. The van der Waals surface area contributed by atoms with E-state index in [2.05, 4.69) is 9.97 Å². The molecule has 2 heterocycles. The molecule has 1 unspecified atom stereocenters. The molecule has 3 aromatic rings. The second kappa shape index (κ2) is 5.35. The van der Waals surface area contributed by atoms with E-state index in [1.807, 2.05) is 36.4 Å². The van der Waals surface area contributed by atoms with Crippen molar-refractivity contribution in [3.05, 3.63) is 71.9 Å². The van der Waals surface area contributed by atoms with Crippen molar-refractivity contribution in [1.82, 2.24) is 9.97 Å². The van der Waals surface area contributed by atoms with Crippen LogP contribution in [0.4, 0.5) is 4.39 Å². The lowest BCUT2D eigenvalue weighted by Gasteiger charge is -2.11. The molecule has 4 heteroatoms. The first kappa shape index (κ1) is 12.7. The molecule has 3 rings (SSSR count). The zero-order valence-electron chi connectivity index (χ0n) is 10.8. The number of halogens is 1. The highest BCUT2D eigenvalue weighted by atomic mass is 19.1. The van der Waals surface area contributed by atoms with Crippen LogP contribution in [0.2, 0.25) is 0 Å². The molecule has 2 N–H and O–H groups in total. The first-order chi connectivity index (χ1) is 9.72. The molecule has 3 nitrogen and oxygen atoms in total. The predicted molar refractivity (Wildman–Crippen MR) is 76.6 cm³/mol. The molecule has 0 saturated carbocycles. The Kier molecular flexibility index (Phi) is 3.39. The lowest BCUT2D eigenvalue weighted by molar-refractivity contribution is 0.611. The van der Waals surface area contributed by atoms with E-state index in [4.69, 9.17) is 5.73 Å². The second-order valence-electron chi connectivity index (χ2n) is 4.71. The third-order valence-corrected chi connectivity index (χ3v) is 3.22. The second-order valence-corrected chi connectivity index (χ2v) is 4.71. The van der Waals surface area contributed by atoms with Gasteiger partial charge >= 0.3 is 0 Å². The van der Waals surface area contributed by atoms with Gasteiger partial charge in [0.15, 0.2) is 0 Å². The van der Waals surface area contributed by atoms with Gasteiger partial charge in [0.1, 0.15) is 5.82 Å². The van der Waals surface area contributed by atoms with Crippen molar-refractivity contribution < 1.29 is 4.39 Å². The fraction of sp³-hybridized carbons (Fsp3) is 0.125. The highest BCUT2D eigenvalue weighted by molar-refractivity contribution is 5.78. The zero-order chi connectivity index (χ0) is 13.9. The van der Waals surface area contributed by atoms with E-state index in [0.29, 0.717) is 12.1 Å². The summed E-state index contributed by atoms with van der Waals surface area (Å²) in [6.07, 6.45) is 1.76. The first-order valence-electron chi connectivity index (χ1n) is 6.44. The van der Waals surface area contributed by atoms with Gasteiger partial charge in [-0.05, 0) is 24.3 Å². The number of rotatable bonds is 3. The maximum Gasteiger partial charge on any atom is 0.141 e. The van der Waals surface area contributed by atoms with Gasteiger partial charge in [0.25, 0.3) is 0 Å². The third-order valence-electron chi connectivity index (χ3n) is 3.22. The molecule has 0 aliphatic rings. The van der Waals surface area contributed by atoms with Gasteiger partial charge in [-0.1, -0.05) is 24.3 Å². The molecule has 0 saturated heterocycles. The molecular formula is C16H14FN3. The number of nitrogens with two attached hydrogens (primary N) is 1. The average Bonchev–Trinajstić information content (AvgIpc) is 2.48. The van der Waals surface area contributed by atoms with Crippen LogP contribution in [0.5, 0.6) is 0 Å². The Morgan fingerprint density at radius 2 is 1.90 bits per heavy atom. The quantitative estimate of drug-likeness (QED) is 0.793. The largest absolute Gasteiger partial charge is 0.322 e. The van der Waals surface area contributed by atoms with Gasteiger partial charge in [0, 0.05) is 17.5 Å². The number of benzene rings is 1. The molecule has 1 aromatic carbocycles. The Hall–Kier alpha value is -2.33. The monoisotopic (exact) mass is 267 g/mol. The lowest BCUT2D eigenvalue weighted by Crippen LogP contribution is -2.15. The molecule has 0 aliphatic heterocycles. The molecule has 0 fully saturated rings. The van der Waals surface area contributed by atoms with Crippen molar-refractivity contribution in [2.45, 2.75) is 12.5 Å². The summed E-state index contributed by atoms with van der Waals surface area (Å²) in [5, 5.41) is 1.10. The Balaban J connectivity index is 1.83. The first-order valence-corrected chi connectivity index (χ1v) is 6.44. The van der Waals surface area contributed by atoms with Crippen LogP contribution >= 0.6 is 0 Å². The zero-order valence-corrected chi connectivity index (χ0v) is 10.8. The number of aromatic nitrogens is 2. The Bertz CT molecular complexity index is 725. The summed E-state index contributed by atoms with van der Waals surface area (Å²) in [6, 6.07) is 14.6. The van der Waals surface area contributed by atoms with Gasteiger partial charge in [0.2, 0.25) is 0 Å². The number of nitrogens with zero attached hydrogens (tertiary/aromatic N) is 2. The minimum Gasteiger partial charge on any atom is -0.322 e.